The lowest BCUT2D eigenvalue weighted by atomic mass is 9.94. The molecule has 1 fully saturated rings. The summed E-state index contributed by atoms with van der Waals surface area (Å²) in [5, 5.41) is 4.58. The smallest absolute Gasteiger partial charge is 0.351 e. The highest BCUT2D eigenvalue weighted by Crippen LogP contribution is 2.30. The van der Waals surface area contributed by atoms with Crippen LogP contribution in [0.5, 0.6) is 0 Å². The zero-order valence-corrected chi connectivity index (χ0v) is 16.5. The Kier molecular flexibility index (Phi) is 6.89. The summed E-state index contributed by atoms with van der Waals surface area (Å²) in [5.74, 6) is -2.64. The van der Waals surface area contributed by atoms with Crippen LogP contribution in [0, 0.1) is 0 Å². The Morgan fingerprint density at radius 2 is 1.86 bits per heavy atom. The van der Waals surface area contributed by atoms with Gasteiger partial charge in [0.15, 0.2) is 0 Å². The van der Waals surface area contributed by atoms with Gasteiger partial charge in [0.1, 0.15) is 6.04 Å². The standard InChI is InChI=1S/C20H22F3N3O2S/c21-20(22,23)19(28)26(13-16-7-4-12-29-16)17(14-8-10-24-11-9-14)18(27)25-15-5-2-1-3-6-15/h4,7-12,15,17H,1-3,5-6,13H2,(H,25,27)/t17-/m1/s1. The first-order valence-corrected chi connectivity index (χ1v) is 10.3. The zero-order chi connectivity index (χ0) is 20.9. The van der Waals surface area contributed by atoms with Crippen LogP contribution in [-0.2, 0) is 16.1 Å². The maximum Gasteiger partial charge on any atom is 0.471 e. The molecule has 2 aromatic rings. The molecule has 156 valence electrons. The van der Waals surface area contributed by atoms with Gasteiger partial charge in [-0.05, 0) is 42.0 Å². The minimum absolute atomic E-state index is 0.0924. The SMILES string of the molecule is O=C(NC1CCCCC1)[C@@H](c1ccncc1)N(Cc1cccs1)C(=O)C(F)(F)F. The second-order valence-electron chi connectivity index (χ2n) is 7.04. The van der Waals surface area contributed by atoms with Crippen molar-refractivity contribution in [2.45, 2.75) is 56.9 Å². The zero-order valence-electron chi connectivity index (χ0n) is 15.7. The van der Waals surface area contributed by atoms with Gasteiger partial charge >= 0.3 is 12.1 Å². The van der Waals surface area contributed by atoms with Gasteiger partial charge in [0, 0.05) is 23.3 Å². The van der Waals surface area contributed by atoms with Crippen LogP contribution in [0.3, 0.4) is 0 Å². The van der Waals surface area contributed by atoms with Gasteiger partial charge in [0.05, 0.1) is 6.54 Å². The van der Waals surface area contributed by atoms with E-state index in [2.05, 4.69) is 10.3 Å². The second-order valence-corrected chi connectivity index (χ2v) is 8.07. The number of nitrogens with one attached hydrogen (secondary N) is 1. The van der Waals surface area contributed by atoms with Crippen molar-refractivity contribution < 1.29 is 22.8 Å². The number of carbonyl (C=O) groups is 2. The highest BCUT2D eigenvalue weighted by atomic mass is 32.1. The normalized spacial score (nSPS) is 16.2. The molecule has 1 aliphatic carbocycles. The van der Waals surface area contributed by atoms with Crippen molar-refractivity contribution in [3.05, 3.63) is 52.5 Å². The van der Waals surface area contributed by atoms with E-state index in [1.165, 1.54) is 35.9 Å². The maximum absolute atomic E-state index is 13.4. The molecule has 2 heterocycles. The molecule has 1 saturated carbocycles. The molecule has 29 heavy (non-hydrogen) atoms. The van der Waals surface area contributed by atoms with Gasteiger partial charge in [-0.2, -0.15) is 13.2 Å². The average molecular weight is 425 g/mol. The van der Waals surface area contributed by atoms with Crippen LogP contribution in [0.2, 0.25) is 0 Å². The molecular weight excluding hydrogens is 403 g/mol. The molecule has 0 saturated heterocycles. The largest absolute Gasteiger partial charge is 0.471 e. The number of nitrogens with zero attached hydrogens (tertiary/aromatic N) is 2. The highest BCUT2D eigenvalue weighted by molar-refractivity contribution is 7.09. The summed E-state index contributed by atoms with van der Waals surface area (Å²) in [4.78, 5) is 30.5. The van der Waals surface area contributed by atoms with Crippen LogP contribution in [0.25, 0.3) is 0 Å². The summed E-state index contributed by atoms with van der Waals surface area (Å²) in [5.41, 5.74) is 0.294. The molecule has 1 N–H and O–H groups in total. The highest BCUT2D eigenvalue weighted by Gasteiger charge is 2.47. The Hall–Kier alpha value is -2.42. The Morgan fingerprint density at radius 1 is 1.17 bits per heavy atom. The predicted molar refractivity (Wildman–Crippen MR) is 103 cm³/mol. The van der Waals surface area contributed by atoms with E-state index >= 15 is 0 Å². The van der Waals surface area contributed by atoms with Crippen molar-refractivity contribution >= 4 is 23.2 Å². The molecular formula is C20H22F3N3O2S. The molecule has 3 rings (SSSR count). The van der Waals surface area contributed by atoms with Crippen molar-refractivity contribution in [2.24, 2.45) is 0 Å². The third-order valence-electron chi connectivity index (χ3n) is 4.94. The Morgan fingerprint density at radius 3 is 2.45 bits per heavy atom. The van der Waals surface area contributed by atoms with Crippen molar-refractivity contribution in [3.8, 4) is 0 Å². The lowest BCUT2D eigenvalue weighted by molar-refractivity contribution is -0.189. The molecule has 0 aromatic carbocycles. The van der Waals surface area contributed by atoms with E-state index in [0.717, 1.165) is 32.1 Å². The molecule has 1 aliphatic rings. The Bertz CT molecular complexity index is 806. The van der Waals surface area contributed by atoms with Gasteiger partial charge in [-0.1, -0.05) is 25.3 Å². The van der Waals surface area contributed by atoms with E-state index < -0.39 is 24.0 Å². The van der Waals surface area contributed by atoms with E-state index in [4.69, 9.17) is 0 Å². The molecule has 1 atom stereocenters. The van der Waals surface area contributed by atoms with E-state index in [0.29, 0.717) is 15.3 Å². The Balaban J connectivity index is 1.95. The number of thiophene rings is 1. The first-order valence-electron chi connectivity index (χ1n) is 9.46. The van der Waals surface area contributed by atoms with Crippen LogP contribution in [0.4, 0.5) is 13.2 Å². The third kappa shape index (κ3) is 5.56. The first kappa shape index (κ1) is 21.3. The number of halogens is 3. The number of rotatable bonds is 6. The van der Waals surface area contributed by atoms with Gasteiger partial charge in [0.2, 0.25) is 5.91 Å². The quantitative estimate of drug-likeness (QED) is 0.754. The average Bonchev–Trinajstić information content (AvgIpc) is 3.21. The molecule has 5 nitrogen and oxygen atoms in total. The van der Waals surface area contributed by atoms with Crippen LogP contribution >= 0.6 is 11.3 Å². The van der Waals surface area contributed by atoms with Gasteiger partial charge in [-0.3, -0.25) is 14.6 Å². The van der Waals surface area contributed by atoms with Gasteiger partial charge in [-0.25, -0.2) is 0 Å². The monoisotopic (exact) mass is 425 g/mol. The summed E-state index contributed by atoms with van der Waals surface area (Å²) in [6.07, 6.45) is 2.29. The minimum atomic E-state index is -5.09. The fourth-order valence-corrected chi connectivity index (χ4v) is 4.26. The van der Waals surface area contributed by atoms with Crippen LogP contribution in [0.1, 0.15) is 48.6 Å². The second kappa shape index (κ2) is 9.39. The van der Waals surface area contributed by atoms with Crippen molar-refractivity contribution in [1.29, 1.82) is 0 Å². The molecule has 0 aliphatic heterocycles. The lowest BCUT2D eigenvalue weighted by Crippen LogP contribution is -2.50. The van der Waals surface area contributed by atoms with Crippen molar-refractivity contribution in [3.63, 3.8) is 0 Å². The predicted octanol–water partition coefficient (Wildman–Crippen LogP) is 4.22. The number of alkyl halides is 3. The molecule has 9 heteroatoms. The van der Waals surface area contributed by atoms with Crippen LogP contribution < -0.4 is 5.32 Å². The summed E-state index contributed by atoms with van der Waals surface area (Å²) in [6, 6.07) is 4.79. The lowest BCUT2D eigenvalue weighted by Gasteiger charge is -2.33. The molecule has 0 bridgehead atoms. The van der Waals surface area contributed by atoms with Gasteiger partial charge in [0.25, 0.3) is 0 Å². The number of hydrogen-bond acceptors (Lipinski definition) is 4. The van der Waals surface area contributed by atoms with Gasteiger partial charge < -0.3 is 10.2 Å². The fourth-order valence-electron chi connectivity index (χ4n) is 3.56. The summed E-state index contributed by atoms with van der Waals surface area (Å²) < 4.78 is 40.2. The number of hydrogen-bond donors (Lipinski definition) is 1. The van der Waals surface area contributed by atoms with Crippen molar-refractivity contribution in [2.75, 3.05) is 0 Å². The van der Waals surface area contributed by atoms with Crippen LogP contribution in [0.15, 0.2) is 42.0 Å². The summed E-state index contributed by atoms with van der Waals surface area (Å²) >= 11 is 1.23. The molecule has 0 unspecified atom stereocenters. The molecule has 2 amide bonds. The molecule has 0 radical (unpaired) electrons. The summed E-state index contributed by atoms with van der Waals surface area (Å²) in [7, 11) is 0. The number of aromatic nitrogens is 1. The molecule has 2 aromatic heterocycles. The number of pyridine rings is 1. The molecule has 0 spiro atoms. The van der Waals surface area contributed by atoms with E-state index in [9.17, 15) is 22.8 Å². The fraction of sp³-hybridized carbons (Fsp3) is 0.450. The minimum Gasteiger partial charge on any atom is -0.351 e. The first-order chi connectivity index (χ1) is 13.9. The maximum atomic E-state index is 13.4. The van der Waals surface area contributed by atoms with E-state index in [-0.39, 0.29) is 12.6 Å². The topological polar surface area (TPSA) is 62.3 Å². The van der Waals surface area contributed by atoms with Crippen LogP contribution in [-0.4, -0.2) is 33.9 Å². The number of carbonyl (C=O) groups excluding carboxylic acids is 2. The Labute approximate surface area is 170 Å². The van der Waals surface area contributed by atoms with E-state index in [1.807, 2.05) is 0 Å². The van der Waals surface area contributed by atoms with Gasteiger partial charge in [-0.15, -0.1) is 11.3 Å². The number of amides is 2. The van der Waals surface area contributed by atoms with Crippen molar-refractivity contribution in [1.82, 2.24) is 15.2 Å². The third-order valence-corrected chi connectivity index (χ3v) is 5.80. The van der Waals surface area contributed by atoms with E-state index in [1.54, 1.807) is 17.5 Å². The summed E-state index contributed by atoms with van der Waals surface area (Å²) in [6.45, 7) is -0.304.